The van der Waals surface area contributed by atoms with E-state index in [0.29, 0.717) is 0 Å². The Labute approximate surface area is 128 Å². The second-order valence-electron chi connectivity index (χ2n) is 4.95. The Bertz CT molecular complexity index is 580. The summed E-state index contributed by atoms with van der Waals surface area (Å²) in [5.41, 5.74) is 1.20. The smallest absolute Gasteiger partial charge is 0.133 e. The summed E-state index contributed by atoms with van der Waals surface area (Å²) < 4.78 is 11.9. The van der Waals surface area contributed by atoms with Gasteiger partial charge in [-0.1, -0.05) is 6.07 Å². The van der Waals surface area contributed by atoms with Gasteiger partial charge >= 0.3 is 0 Å². The van der Waals surface area contributed by atoms with Crippen LogP contribution in [0.2, 0.25) is 0 Å². The van der Waals surface area contributed by atoms with Crippen molar-refractivity contribution in [3.63, 3.8) is 0 Å². The predicted octanol–water partition coefficient (Wildman–Crippen LogP) is 4.77. The molecule has 0 saturated carbocycles. The number of methoxy groups -OCH3 is 1. The first-order valence-corrected chi connectivity index (χ1v) is 7.46. The number of rotatable bonds is 5. The fourth-order valence-corrected chi connectivity index (χ4v) is 2.75. The van der Waals surface area contributed by atoms with Gasteiger partial charge in [0.25, 0.3) is 0 Å². The van der Waals surface area contributed by atoms with Crippen LogP contribution in [0.4, 0.5) is 0 Å². The molecule has 1 aromatic carbocycles. The molecule has 0 aliphatic rings. The van der Waals surface area contributed by atoms with E-state index in [-0.39, 0.29) is 12.1 Å². The highest BCUT2D eigenvalue weighted by Gasteiger charge is 2.14. The Kier molecular flexibility index (Phi) is 4.89. The highest BCUT2D eigenvalue weighted by atomic mass is 79.9. The summed E-state index contributed by atoms with van der Waals surface area (Å²) in [6.45, 7) is 6.20. The molecule has 0 amide bonds. The van der Waals surface area contributed by atoms with Crippen LogP contribution in [0, 0.1) is 6.92 Å². The molecule has 0 spiro atoms. The third-order valence-electron chi connectivity index (χ3n) is 3.36. The summed E-state index contributed by atoms with van der Waals surface area (Å²) in [6, 6.07) is 10.5. The van der Waals surface area contributed by atoms with Crippen LogP contribution in [0.1, 0.15) is 43.0 Å². The molecular formula is C16H20BrNO2. The van der Waals surface area contributed by atoms with Gasteiger partial charge in [0.2, 0.25) is 0 Å². The van der Waals surface area contributed by atoms with Crippen LogP contribution in [0.25, 0.3) is 0 Å². The third-order valence-corrected chi connectivity index (χ3v) is 3.98. The van der Waals surface area contributed by atoms with Crippen molar-refractivity contribution < 1.29 is 9.15 Å². The summed E-state index contributed by atoms with van der Waals surface area (Å²) in [5, 5.41) is 3.54. The van der Waals surface area contributed by atoms with Crippen LogP contribution < -0.4 is 10.1 Å². The maximum Gasteiger partial charge on any atom is 0.133 e. The minimum atomic E-state index is 0.166. The van der Waals surface area contributed by atoms with Crippen molar-refractivity contribution in [2.24, 2.45) is 0 Å². The highest BCUT2D eigenvalue weighted by molar-refractivity contribution is 9.10. The van der Waals surface area contributed by atoms with Gasteiger partial charge in [0, 0.05) is 6.04 Å². The zero-order valence-corrected chi connectivity index (χ0v) is 13.8. The Hall–Kier alpha value is -1.26. The van der Waals surface area contributed by atoms with E-state index < -0.39 is 0 Å². The summed E-state index contributed by atoms with van der Waals surface area (Å²) >= 11 is 3.52. The van der Waals surface area contributed by atoms with Crippen LogP contribution in [-0.4, -0.2) is 7.11 Å². The Morgan fingerprint density at radius 1 is 1.15 bits per heavy atom. The molecule has 0 aliphatic carbocycles. The molecule has 108 valence electrons. The molecule has 20 heavy (non-hydrogen) atoms. The summed E-state index contributed by atoms with van der Waals surface area (Å²) in [7, 11) is 1.67. The van der Waals surface area contributed by atoms with E-state index in [9.17, 15) is 0 Å². The number of benzene rings is 1. The second-order valence-corrected chi connectivity index (χ2v) is 5.81. The zero-order valence-electron chi connectivity index (χ0n) is 12.2. The van der Waals surface area contributed by atoms with Crippen LogP contribution in [-0.2, 0) is 0 Å². The fourth-order valence-electron chi connectivity index (χ4n) is 2.19. The molecule has 4 heteroatoms. The van der Waals surface area contributed by atoms with Crippen molar-refractivity contribution in [1.82, 2.24) is 5.32 Å². The maximum atomic E-state index is 5.65. The lowest BCUT2D eigenvalue weighted by atomic mass is 10.1. The molecule has 2 aromatic rings. The van der Waals surface area contributed by atoms with Gasteiger partial charge in [-0.3, -0.25) is 0 Å². The van der Waals surface area contributed by atoms with E-state index in [1.54, 1.807) is 7.11 Å². The molecule has 2 rings (SSSR count). The molecule has 0 saturated heterocycles. The molecule has 1 N–H and O–H groups in total. The largest absolute Gasteiger partial charge is 0.496 e. The van der Waals surface area contributed by atoms with Crippen molar-refractivity contribution in [3.05, 3.63) is 51.9 Å². The number of halogens is 1. The van der Waals surface area contributed by atoms with Crippen molar-refractivity contribution in [2.75, 3.05) is 7.11 Å². The van der Waals surface area contributed by atoms with Gasteiger partial charge in [-0.05, 0) is 66.5 Å². The van der Waals surface area contributed by atoms with Crippen molar-refractivity contribution in [1.29, 1.82) is 0 Å². The lowest BCUT2D eigenvalue weighted by Crippen LogP contribution is -2.22. The van der Waals surface area contributed by atoms with Gasteiger partial charge in [0.05, 0.1) is 17.6 Å². The molecule has 2 atom stereocenters. The summed E-state index contributed by atoms with van der Waals surface area (Å²) in [5.74, 6) is 2.74. The normalized spacial score (nSPS) is 14.1. The first-order chi connectivity index (χ1) is 9.51. The minimum Gasteiger partial charge on any atom is -0.496 e. The van der Waals surface area contributed by atoms with Crippen molar-refractivity contribution in [3.8, 4) is 5.75 Å². The van der Waals surface area contributed by atoms with Gasteiger partial charge in [-0.2, -0.15) is 0 Å². The monoisotopic (exact) mass is 337 g/mol. The Morgan fingerprint density at radius 3 is 2.45 bits per heavy atom. The lowest BCUT2D eigenvalue weighted by Gasteiger charge is -2.19. The van der Waals surface area contributed by atoms with Crippen LogP contribution in [0.3, 0.4) is 0 Å². The molecule has 0 aliphatic heterocycles. The predicted molar refractivity (Wildman–Crippen MR) is 84.1 cm³/mol. The van der Waals surface area contributed by atoms with E-state index in [0.717, 1.165) is 21.7 Å². The van der Waals surface area contributed by atoms with Crippen LogP contribution >= 0.6 is 15.9 Å². The third kappa shape index (κ3) is 3.44. The first kappa shape index (κ1) is 15.1. The number of nitrogens with one attached hydrogen (secondary N) is 1. The van der Waals surface area contributed by atoms with Gasteiger partial charge in [0.15, 0.2) is 0 Å². The van der Waals surface area contributed by atoms with Gasteiger partial charge in [0.1, 0.15) is 17.3 Å². The van der Waals surface area contributed by atoms with Crippen molar-refractivity contribution >= 4 is 15.9 Å². The molecule has 0 fully saturated rings. The quantitative estimate of drug-likeness (QED) is 0.853. The summed E-state index contributed by atoms with van der Waals surface area (Å²) in [4.78, 5) is 0. The van der Waals surface area contributed by atoms with E-state index in [2.05, 4.69) is 47.2 Å². The van der Waals surface area contributed by atoms with Gasteiger partial charge in [-0.25, -0.2) is 0 Å². The Morgan fingerprint density at radius 2 is 1.90 bits per heavy atom. The SMILES string of the molecule is COc1ccc([C@@H](C)N[C@@H](C)c2ccc(C)o2)cc1Br. The molecule has 0 bridgehead atoms. The molecule has 0 radical (unpaired) electrons. The van der Waals surface area contributed by atoms with Crippen LogP contribution in [0.15, 0.2) is 39.2 Å². The zero-order chi connectivity index (χ0) is 14.7. The number of ether oxygens (including phenoxy) is 1. The molecular weight excluding hydrogens is 318 g/mol. The average molecular weight is 338 g/mol. The number of hydrogen-bond donors (Lipinski definition) is 1. The topological polar surface area (TPSA) is 34.4 Å². The molecule has 0 unspecified atom stereocenters. The highest BCUT2D eigenvalue weighted by Crippen LogP contribution is 2.29. The first-order valence-electron chi connectivity index (χ1n) is 6.67. The van der Waals surface area contributed by atoms with Crippen molar-refractivity contribution in [2.45, 2.75) is 32.9 Å². The van der Waals surface area contributed by atoms with E-state index in [4.69, 9.17) is 9.15 Å². The molecule has 1 heterocycles. The second kappa shape index (κ2) is 6.46. The van der Waals surface area contributed by atoms with E-state index in [1.807, 2.05) is 25.1 Å². The number of furan rings is 1. The standard InChI is InChI=1S/C16H20BrNO2/c1-10-5-7-15(20-10)12(3)18-11(2)13-6-8-16(19-4)14(17)9-13/h5-9,11-12,18H,1-4H3/t11-,12+/m1/s1. The fraction of sp³-hybridized carbons (Fsp3) is 0.375. The van der Waals surface area contributed by atoms with E-state index in [1.165, 1.54) is 5.56 Å². The maximum absolute atomic E-state index is 5.65. The number of hydrogen-bond acceptors (Lipinski definition) is 3. The van der Waals surface area contributed by atoms with Crippen LogP contribution in [0.5, 0.6) is 5.75 Å². The Balaban J connectivity index is 2.07. The van der Waals surface area contributed by atoms with E-state index >= 15 is 0 Å². The van der Waals surface area contributed by atoms with Gasteiger partial charge in [-0.15, -0.1) is 0 Å². The number of aryl methyl sites for hydroxylation is 1. The van der Waals surface area contributed by atoms with Gasteiger partial charge < -0.3 is 14.5 Å². The molecule has 1 aromatic heterocycles. The lowest BCUT2D eigenvalue weighted by molar-refractivity contribution is 0.391. The summed E-state index contributed by atoms with van der Waals surface area (Å²) in [6.07, 6.45) is 0. The molecule has 3 nitrogen and oxygen atoms in total. The minimum absolute atomic E-state index is 0.166. The average Bonchev–Trinajstić information content (AvgIpc) is 2.85.